The summed E-state index contributed by atoms with van der Waals surface area (Å²) in [6, 6.07) is 8.20. The van der Waals surface area contributed by atoms with Crippen molar-refractivity contribution in [2.75, 3.05) is 53.7 Å². The van der Waals surface area contributed by atoms with Gasteiger partial charge in [-0.2, -0.15) is 0 Å². The van der Waals surface area contributed by atoms with Crippen molar-refractivity contribution in [3.05, 3.63) is 29.8 Å². The molecule has 1 aliphatic heterocycles. The summed E-state index contributed by atoms with van der Waals surface area (Å²) in [5, 5.41) is 3.40. The molecule has 1 aromatic carbocycles. The normalized spacial score (nSPS) is 16.7. The van der Waals surface area contributed by atoms with Gasteiger partial charge in [0.05, 0.1) is 19.8 Å². The minimum Gasteiger partial charge on any atom is -0.494 e. The summed E-state index contributed by atoms with van der Waals surface area (Å²) in [5.41, 5.74) is 1.22. The summed E-state index contributed by atoms with van der Waals surface area (Å²) in [6.07, 6.45) is 2.09. The summed E-state index contributed by atoms with van der Waals surface area (Å²) < 4.78 is 16.6. The van der Waals surface area contributed by atoms with Crippen LogP contribution in [-0.2, 0) is 16.0 Å². The summed E-state index contributed by atoms with van der Waals surface area (Å²) in [7, 11) is 3.86. The van der Waals surface area contributed by atoms with Gasteiger partial charge in [-0.25, -0.2) is 0 Å². The maximum Gasteiger partial charge on any atom is 0.193 e. The van der Waals surface area contributed by atoms with Crippen LogP contribution in [0.2, 0.25) is 0 Å². The van der Waals surface area contributed by atoms with E-state index >= 15 is 0 Å². The molecule has 0 saturated carbocycles. The summed E-state index contributed by atoms with van der Waals surface area (Å²) in [5.74, 6) is 2.38. The Morgan fingerprint density at radius 1 is 1.33 bits per heavy atom. The van der Waals surface area contributed by atoms with Gasteiger partial charge in [0.1, 0.15) is 5.75 Å². The van der Waals surface area contributed by atoms with Crippen LogP contribution in [0.4, 0.5) is 0 Å². The number of guanidine groups is 1. The molecular weight excluding hydrogens is 457 g/mol. The number of nitrogens with one attached hydrogen (secondary N) is 1. The third kappa shape index (κ3) is 9.12. The zero-order chi connectivity index (χ0) is 18.6. The van der Waals surface area contributed by atoms with Crippen LogP contribution in [0.25, 0.3) is 0 Å². The highest BCUT2D eigenvalue weighted by atomic mass is 127. The van der Waals surface area contributed by atoms with E-state index in [4.69, 9.17) is 14.2 Å². The average Bonchev–Trinajstić information content (AvgIpc) is 3.16. The van der Waals surface area contributed by atoms with E-state index in [0.29, 0.717) is 12.5 Å². The van der Waals surface area contributed by atoms with Crippen LogP contribution in [0.3, 0.4) is 0 Å². The van der Waals surface area contributed by atoms with Crippen molar-refractivity contribution in [2.45, 2.75) is 26.3 Å². The van der Waals surface area contributed by atoms with Crippen molar-refractivity contribution in [1.82, 2.24) is 10.2 Å². The van der Waals surface area contributed by atoms with Gasteiger partial charge in [0, 0.05) is 46.3 Å². The van der Waals surface area contributed by atoms with Crippen LogP contribution >= 0.6 is 24.0 Å². The molecule has 0 spiro atoms. The van der Waals surface area contributed by atoms with E-state index in [9.17, 15) is 0 Å². The van der Waals surface area contributed by atoms with Crippen LogP contribution < -0.4 is 10.1 Å². The summed E-state index contributed by atoms with van der Waals surface area (Å²) in [6.45, 7) is 7.63. The fourth-order valence-electron chi connectivity index (χ4n) is 2.93. The third-order valence-electron chi connectivity index (χ3n) is 4.35. The molecule has 6 nitrogen and oxygen atoms in total. The number of hydrogen-bond donors (Lipinski definition) is 1. The molecule has 1 heterocycles. The lowest BCUT2D eigenvalue weighted by Gasteiger charge is -2.22. The number of hydrogen-bond acceptors (Lipinski definition) is 4. The number of ether oxygens (including phenoxy) is 3. The number of halogens is 1. The molecule has 0 aliphatic carbocycles. The van der Waals surface area contributed by atoms with E-state index in [-0.39, 0.29) is 24.0 Å². The van der Waals surface area contributed by atoms with Crippen LogP contribution in [0.15, 0.2) is 29.3 Å². The Labute approximate surface area is 180 Å². The SMILES string of the molecule is CCOc1ccc(CN(C)C(=NC)NCCCOCC2CCOC2)cc1.I. The first-order chi connectivity index (χ1) is 12.7. The molecule has 1 unspecified atom stereocenters. The maximum absolute atomic E-state index is 5.73. The van der Waals surface area contributed by atoms with Gasteiger partial charge >= 0.3 is 0 Å². The predicted molar refractivity (Wildman–Crippen MR) is 120 cm³/mol. The van der Waals surface area contributed by atoms with Gasteiger partial charge in [0.15, 0.2) is 5.96 Å². The Morgan fingerprint density at radius 3 is 2.74 bits per heavy atom. The van der Waals surface area contributed by atoms with Crippen LogP contribution in [0.5, 0.6) is 5.75 Å². The minimum atomic E-state index is 0. The van der Waals surface area contributed by atoms with E-state index in [1.54, 1.807) is 0 Å². The van der Waals surface area contributed by atoms with E-state index in [0.717, 1.165) is 64.1 Å². The van der Waals surface area contributed by atoms with Crippen molar-refractivity contribution in [3.63, 3.8) is 0 Å². The zero-order valence-electron chi connectivity index (χ0n) is 16.8. The second kappa shape index (κ2) is 14.0. The van der Waals surface area contributed by atoms with E-state index < -0.39 is 0 Å². The highest BCUT2D eigenvalue weighted by Gasteiger charge is 2.15. The molecule has 1 aliphatic rings. The monoisotopic (exact) mass is 491 g/mol. The smallest absolute Gasteiger partial charge is 0.193 e. The molecule has 0 bridgehead atoms. The Morgan fingerprint density at radius 2 is 2.11 bits per heavy atom. The second-order valence-corrected chi connectivity index (χ2v) is 6.57. The van der Waals surface area contributed by atoms with Gasteiger partial charge in [0.25, 0.3) is 0 Å². The van der Waals surface area contributed by atoms with Gasteiger partial charge < -0.3 is 24.4 Å². The molecule has 7 heteroatoms. The molecule has 1 aromatic rings. The van der Waals surface area contributed by atoms with Crippen molar-refractivity contribution < 1.29 is 14.2 Å². The quantitative estimate of drug-likeness (QED) is 0.236. The van der Waals surface area contributed by atoms with Crippen molar-refractivity contribution in [2.24, 2.45) is 10.9 Å². The van der Waals surface area contributed by atoms with Gasteiger partial charge in [-0.1, -0.05) is 12.1 Å². The molecule has 0 aromatic heterocycles. The standard InChI is InChI=1S/C20H33N3O3.HI/c1-4-26-19-8-6-17(7-9-19)14-23(3)20(21-2)22-11-5-12-24-15-18-10-13-25-16-18;/h6-9,18H,4-5,10-16H2,1-3H3,(H,21,22);1H. The zero-order valence-corrected chi connectivity index (χ0v) is 19.1. The van der Waals surface area contributed by atoms with Crippen molar-refractivity contribution in [1.29, 1.82) is 0 Å². The Bertz CT molecular complexity index is 534. The first-order valence-electron chi connectivity index (χ1n) is 9.52. The fourth-order valence-corrected chi connectivity index (χ4v) is 2.93. The number of benzene rings is 1. The highest BCUT2D eigenvalue weighted by molar-refractivity contribution is 14.0. The number of rotatable bonds is 10. The van der Waals surface area contributed by atoms with Gasteiger partial charge in [-0.3, -0.25) is 4.99 Å². The average molecular weight is 491 g/mol. The lowest BCUT2D eigenvalue weighted by atomic mass is 10.1. The second-order valence-electron chi connectivity index (χ2n) is 6.57. The predicted octanol–water partition coefficient (Wildman–Crippen LogP) is 3.15. The van der Waals surface area contributed by atoms with Gasteiger partial charge in [-0.15, -0.1) is 24.0 Å². The van der Waals surface area contributed by atoms with Crippen LogP contribution in [0.1, 0.15) is 25.3 Å². The highest BCUT2D eigenvalue weighted by Crippen LogP contribution is 2.13. The molecule has 0 radical (unpaired) electrons. The lowest BCUT2D eigenvalue weighted by molar-refractivity contribution is 0.0887. The largest absolute Gasteiger partial charge is 0.494 e. The Kier molecular flexibility index (Phi) is 12.4. The summed E-state index contributed by atoms with van der Waals surface area (Å²) >= 11 is 0. The Balaban J connectivity index is 0.00000364. The summed E-state index contributed by atoms with van der Waals surface area (Å²) in [4.78, 5) is 6.48. The third-order valence-corrected chi connectivity index (χ3v) is 4.35. The molecule has 154 valence electrons. The van der Waals surface area contributed by atoms with E-state index in [1.165, 1.54) is 5.56 Å². The molecule has 1 N–H and O–H groups in total. The van der Waals surface area contributed by atoms with E-state index in [2.05, 4.69) is 27.3 Å². The minimum absolute atomic E-state index is 0. The molecule has 0 amide bonds. The molecule has 2 rings (SSSR count). The van der Waals surface area contributed by atoms with Crippen molar-refractivity contribution in [3.8, 4) is 5.75 Å². The molecule has 27 heavy (non-hydrogen) atoms. The number of nitrogens with zero attached hydrogens (tertiary/aromatic N) is 2. The number of aliphatic imine (C=N–C) groups is 1. The van der Waals surface area contributed by atoms with E-state index in [1.807, 2.05) is 33.2 Å². The topological polar surface area (TPSA) is 55.3 Å². The lowest BCUT2D eigenvalue weighted by Crippen LogP contribution is -2.39. The maximum atomic E-state index is 5.73. The molecule has 1 fully saturated rings. The van der Waals surface area contributed by atoms with Crippen LogP contribution in [-0.4, -0.2) is 64.5 Å². The van der Waals surface area contributed by atoms with Gasteiger partial charge in [-0.05, 0) is 37.5 Å². The first-order valence-corrected chi connectivity index (χ1v) is 9.52. The van der Waals surface area contributed by atoms with Crippen molar-refractivity contribution >= 4 is 29.9 Å². The van der Waals surface area contributed by atoms with Gasteiger partial charge in [0.2, 0.25) is 0 Å². The molecular formula is C20H34IN3O3. The van der Waals surface area contributed by atoms with Crippen LogP contribution in [0, 0.1) is 5.92 Å². The fraction of sp³-hybridized carbons (Fsp3) is 0.650. The Hall–Kier alpha value is -1.06. The first kappa shape index (κ1) is 24.0. The molecule has 1 saturated heterocycles. The molecule has 1 atom stereocenters.